The van der Waals surface area contributed by atoms with Gasteiger partial charge in [-0.05, 0) is 140 Å². The second-order valence-electron chi connectivity index (χ2n) is 21.8. The van der Waals surface area contributed by atoms with Crippen LogP contribution in [0.1, 0.15) is 127 Å². The van der Waals surface area contributed by atoms with Crippen molar-refractivity contribution in [2.75, 3.05) is 0 Å². The Kier molecular flexibility index (Phi) is 13.1. The predicted molar refractivity (Wildman–Crippen MR) is 237 cm³/mol. The van der Waals surface area contributed by atoms with Gasteiger partial charge in [-0.25, -0.2) is 0 Å². The predicted octanol–water partition coefficient (Wildman–Crippen LogP) is 14.3. The molecule has 6 atom stereocenters. The van der Waals surface area contributed by atoms with Crippen molar-refractivity contribution >= 4 is 25.0 Å². The van der Waals surface area contributed by atoms with Gasteiger partial charge in [0, 0.05) is 17.9 Å². The van der Waals surface area contributed by atoms with E-state index in [1.165, 1.54) is 43.3 Å². The molecule has 3 nitrogen and oxygen atoms in total. The van der Waals surface area contributed by atoms with Crippen molar-refractivity contribution in [3.05, 3.63) is 65.3 Å². The monoisotopic (exact) mass is 775 g/mol. The summed E-state index contributed by atoms with van der Waals surface area (Å²) in [6.07, 6.45) is 13.2. The first-order valence-corrected chi connectivity index (χ1v) is 29.6. The van der Waals surface area contributed by atoms with Crippen LogP contribution in [0.25, 0.3) is 0 Å². The summed E-state index contributed by atoms with van der Waals surface area (Å²) in [6, 6.07) is 8.47. The minimum absolute atomic E-state index is 0.00952. The SMILES string of the molecule is C=C1C(=CC=C2CCC[C@]3(C)[C@@H]([C@@H](C)C#Cc4cccc(O[Si](C)(C)C(C)(C)C)c4)CC[C@@H]23)C[C@@H](O[Si](C)(C)C(C)(C)C)C[C@@H]1O[Si](C)(C)C(C)(C)C. The van der Waals surface area contributed by atoms with Gasteiger partial charge in [0.1, 0.15) is 5.75 Å². The van der Waals surface area contributed by atoms with Crippen molar-refractivity contribution in [3.8, 4) is 17.6 Å². The molecule has 0 spiro atoms. The summed E-state index contributed by atoms with van der Waals surface area (Å²) in [6.45, 7) is 44.7. The van der Waals surface area contributed by atoms with E-state index in [4.69, 9.17) is 19.9 Å². The summed E-state index contributed by atoms with van der Waals surface area (Å²) < 4.78 is 20.9. The highest BCUT2D eigenvalue weighted by Gasteiger charge is 2.51. The van der Waals surface area contributed by atoms with Crippen LogP contribution in [-0.2, 0) is 8.85 Å². The second-order valence-corrected chi connectivity index (χ2v) is 36.0. The molecule has 4 rings (SSSR count). The standard InChI is InChI=1S/C47H78O3Si3/c1-34(24-25-36-21-19-23-39(31-36)48-51(13,14)44(3,4)5)41-28-29-42-37(22-20-30-47(41,42)12)26-27-38-32-40(49-52(15,16)45(6,7)8)33-43(35(38)2)50-53(17,18)46(9,10)11/h19,21,23,26-27,31,34,40-43H,2,20,22,28-30,32-33H2,1,3-18H3/t34-,40+,41+,42-,43-,47+/m0/s1. The highest BCUT2D eigenvalue weighted by Crippen LogP contribution is 2.59. The van der Waals surface area contributed by atoms with Gasteiger partial charge in [0.2, 0.25) is 8.32 Å². The lowest BCUT2D eigenvalue weighted by molar-refractivity contribution is 0.0969. The van der Waals surface area contributed by atoms with E-state index in [9.17, 15) is 0 Å². The maximum Gasteiger partial charge on any atom is 0.250 e. The molecule has 3 saturated carbocycles. The summed E-state index contributed by atoms with van der Waals surface area (Å²) in [5.41, 5.74) is 5.47. The zero-order valence-electron chi connectivity index (χ0n) is 37.2. The van der Waals surface area contributed by atoms with Crippen molar-refractivity contribution in [2.24, 2.45) is 23.2 Å². The quantitative estimate of drug-likeness (QED) is 0.194. The summed E-state index contributed by atoms with van der Waals surface area (Å²) in [5, 5.41) is 0.469. The number of allylic oxidation sites excluding steroid dienone is 3. The number of hydrogen-bond donors (Lipinski definition) is 0. The van der Waals surface area contributed by atoms with Crippen molar-refractivity contribution < 1.29 is 13.3 Å². The lowest BCUT2D eigenvalue weighted by Gasteiger charge is -2.45. The number of rotatable bonds is 8. The van der Waals surface area contributed by atoms with E-state index >= 15 is 0 Å². The Labute approximate surface area is 330 Å². The largest absolute Gasteiger partial charge is 0.543 e. The van der Waals surface area contributed by atoms with E-state index in [-0.39, 0.29) is 32.7 Å². The van der Waals surface area contributed by atoms with E-state index in [0.29, 0.717) is 17.8 Å². The maximum atomic E-state index is 7.12. The summed E-state index contributed by atoms with van der Waals surface area (Å²) in [5.74, 6) is 9.81. The first-order valence-electron chi connectivity index (χ1n) is 20.8. The molecule has 0 heterocycles. The molecule has 0 aromatic heterocycles. The lowest BCUT2D eigenvalue weighted by atomic mass is 9.61. The Balaban J connectivity index is 1.56. The fourth-order valence-electron chi connectivity index (χ4n) is 8.25. The Morgan fingerprint density at radius 2 is 1.45 bits per heavy atom. The average molecular weight is 775 g/mol. The molecule has 53 heavy (non-hydrogen) atoms. The topological polar surface area (TPSA) is 27.7 Å². The highest BCUT2D eigenvalue weighted by molar-refractivity contribution is 6.75. The molecule has 1 aromatic carbocycles. The van der Waals surface area contributed by atoms with Gasteiger partial charge in [-0.3, -0.25) is 0 Å². The zero-order chi connectivity index (χ0) is 40.0. The van der Waals surface area contributed by atoms with Crippen LogP contribution >= 0.6 is 0 Å². The van der Waals surface area contributed by atoms with E-state index in [1.807, 2.05) is 0 Å². The minimum Gasteiger partial charge on any atom is -0.543 e. The third kappa shape index (κ3) is 10.0. The van der Waals surface area contributed by atoms with Gasteiger partial charge in [0.15, 0.2) is 16.6 Å². The molecule has 0 aliphatic heterocycles. The molecule has 3 aliphatic rings. The van der Waals surface area contributed by atoms with E-state index in [0.717, 1.165) is 24.2 Å². The van der Waals surface area contributed by atoms with Gasteiger partial charge in [-0.1, -0.05) is 118 Å². The fourth-order valence-corrected chi connectivity index (χ4v) is 11.9. The first kappa shape index (κ1) is 44.1. The second kappa shape index (κ2) is 15.7. The van der Waals surface area contributed by atoms with E-state index in [1.54, 1.807) is 5.57 Å². The third-order valence-electron chi connectivity index (χ3n) is 14.8. The maximum absolute atomic E-state index is 7.12. The molecule has 296 valence electrons. The number of benzene rings is 1. The van der Waals surface area contributed by atoms with Crippen molar-refractivity contribution in [1.29, 1.82) is 0 Å². The summed E-state index contributed by atoms with van der Waals surface area (Å²) in [7, 11) is -5.86. The first-order chi connectivity index (χ1) is 24.1. The van der Waals surface area contributed by atoms with Crippen LogP contribution in [-0.4, -0.2) is 37.2 Å². The summed E-state index contributed by atoms with van der Waals surface area (Å²) in [4.78, 5) is 0. The smallest absolute Gasteiger partial charge is 0.250 e. The summed E-state index contributed by atoms with van der Waals surface area (Å²) >= 11 is 0. The Morgan fingerprint density at radius 3 is 2.06 bits per heavy atom. The molecule has 0 N–H and O–H groups in total. The molecule has 0 bridgehead atoms. The van der Waals surface area contributed by atoms with E-state index < -0.39 is 25.0 Å². The molecular formula is C47H78O3Si3. The van der Waals surface area contributed by atoms with Crippen LogP contribution in [0.4, 0.5) is 0 Å². The Bertz CT molecular complexity index is 1600. The van der Waals surface area contributed by atoms with Gasteiger partial charge >= 0.3 is 0 Å². The van der Waals surface area contributed by atoms with Crippen LogP contribution in [0.15, 0.2) is 59.7 Å². The fraction of sp³-hybridized carbons (Fsp3) is 0.702. The van der Waals surface area contributed by atoms with Crippen LogP contribution < -0.4 is 4.43 Å². The molecule has 6 heteroatoms. The molecule has 3 aliphatic carbocycles. The Hall–Kier alpha value is -1.63. The molecule has 0 radical (unpaired) electrons. The normalized spacial score (nSPS) is 28.4. The van der Waals surface area contributed by atoms with E-state index in [2.05, 4.69) is 164 Å². The van der Waals surface area contributed by atoms with Crippen molar-refractivity contribution in [3.63, 3.8) is 0 Å². The molecular weight excluding hydrogens is 697 g/mol. The van der Waals surface area contributed by atoms with Crippen molar-refractivity contribution in [1.82, 2.24) is 0 Å². The van der Waals surface area contributed by atoms with Crippen LogP contribution in [0.3, 0.4) is 0 Å². The van der Waals surface area contributed by atoms with Gasteiger partial charge in [0.25, 0.3) is 0 Å². The molecule has 0 amide bonds. The van der Waals surface area contributed by atoms with Crippen LogP contribution in [0, 0.1) is 35.0 Å². The van der Waals surface area contributed by atoms with Gasteiger partial charge < -0.3 is 13.3 Å². The Morgan fingerprint density at radius 1 is 0.849 bits per heavy atom. The van der Waals surface area contributed by atoms with Gasteiger partial charge in [-0.15, -0.1) is 0 Å². The third-order valence-corrected chi connectivity index (χ3v) is 28.2. The van der Waals surface area contributed by atoms with Gasteiger partial charge in [-0.2, -0.15) is 0 Å². The van der Waals surface area contributed by atoms with Crippen LogP contribution in [0.2, 0.25) is 54.4 Å². The van der Waals surface area contributed by atoms with Gasteiger partial charge in [0.05, 0.1) is 12.2 Å². The molecule has 0 unspecified atom stereocenters. The number of fused-ring (bicyclic) bond motifs is 1. The number of hydrogen-bond acceptors (Lipinski definition) is 3. The molecule has 3 fully saturated rings. The minimum atomic E-state index is -2.00. The lowest BCUT2D eigenvalue weighted by Crippen LogP contribution is -2.49. The van der Waals surface area contributed by atoms with Crippen LogP contribution in [0.5, 0.6) is 5.75 Å². The molecule has 0 saturated heterocycles. The van der Waals surface area contributed by atoms with Crippen molar-refractivity contribution in [2.45, 2.75) is 188 Å². The highest BCUT2D eigenvalue weighted by atomic mass is 28.4. The average Bonchev–Trinajstić information content (AvgIpc) is 3.36. The zero-order valence-corrected chi connectivity index (χ0v) is 40.2. The molecule has 1 aromatic rings.